The molecule has 0 saturated carbocycles. The first-order chi connectivity index (χ1) is 11.6. The average Bonchev–Trinajstić information content (AvgIpc) is 2.62. The second-order valence-corrected chi connectivity index (χ2v) is 6.59. The normalized spacial score (nSPS) is 15.5. The minimum Gasteiger partial charge on any atom is -0.357 e. The molecule has 1 fully saturated rings. The number of hydrogen-bond acceptors (Lipinski definition) is 4. The summed E-state index contributed by atoms with van der Waals surface area (Å²) >= 11 is 0. The van der Waals surface area contributed by atoms with Crippen molar-refractivity contribution in [1.29, 1.82) is 0 Å². The van der Waals surface area contributed by atoms with Crippen LogP contribution in [0.1, 0.15) is 30.4 Å². The molecular formula is C19H23N3O2. The van der Waals surface area contributed by atoms with E-state index in [-0.39, 0.29) is 5.69 Å². The topological polar surface area (TPSA) is 59.3 Å². The van der Waals surface area contributed by atoms with Gasteiger partial charge in [0.05, 0.1) is 4.92 Å². The molecule has 0 N–H and O–H groups in total. The summed E-state index contributed by atoms with van der Waals surface area (Å²) < 4.78 is 0. The first-order valence-electron chi connectivity index (χ1n) is 8.53. The van der Waals surface area contributed by atoms with Gasteiger partial charge in [-0.1, -0.05) is 29.8 Å². The predicted molar refractivity (Wildman–Crippen MR) is 95.3 cm³/mol. The van der Waals surface area contributed by atoms with Crippen molar-refractivity contribution in [2.24, 2.45) is 5.92 Å². The molecule has 126 valence electrons. The van der Waals surface area contributed by atoms with Crippen molar-refractivity contribution < 1.29 is 4.92 Å². The largest absolute Gasteiger partial charge is 0.357 e. The Hall–Kier alpha value is -2.43. The number of rotatable bonds is 5. The summed E-state index contributed by atoms with van der Waals surface area (Å²) in [7, 11) is 0. The fourth-order valence-electron chi connectivity index (χ4n) is 3.25. The van der Waals surface area contributed by atoms with Crippen molar-refractivity contribution in [2.45, 2.75) is 32.6 Å². The molecule has 1 aromatic carbocycles. The molecule has 0 amide bonds. The van der Waals surface area contributed by atoms with Crippen LogP contribution in [0.5, 0.6) is 0 Å². The zero-order valence-electron chi connectivity index (χ0n) is 14.0. The maximum atomic E-state index is 10.7. The first-order valence-corrected chi connectivity index (χ1v) is 8.53. The molecule has 0 bridgehead atoms. The molecule has 3 rings (SSSR count). The van der Waals surface area contributed by atoms with Crippen molar-refractivity contribution in [1.82, 2.24) is 4.98 Å². The van der Waals surface area contributed by atoms with E-state index in [1.807, 2.05) is 0 Å². The van der Waals surface area contributed by atoms with Crippen molar-refractivity contribution >= 4 is 11.5 Å². The molecule has 0 unspecified atom stereocenters. The van der Waals surface area contributed by atoms with Crippen LogP contribution in [-0.4, -0.2) is 23.0 Å². The quantitative estimate of drug-likeness (QED) is 0.612. The van der Waals surface area contributed by atoms with Gasteiger partial charge in [0.25, 0.3) is 5.69 Å². The number of piperidine rings is 1. The van der Waals surface area contributed by atoms with Gasteiger partial charge in [-0.2, -0.15) is 0 Å². The Morgan fingerprint density at radius 1 is 1.17 bits per heavy atom. The van der Waals surface area contributed by atoms with Crippen LogP contribution in [0.4, 0.5) is 11.5 Å². The van der Waals surface area contributed by atoms with E-state index in [2.05, 4.69) is 41.1 Å². The summed E-state index contributed by atoms with van der Waals surface area (Å²) in [6, 6.07) is 12.1. The van der Waals surface area contributed by atoms with Gasteiger partial charge < -0.3 is 4.90 Å². The van der Waals surface area contributed by atoms with E-state index in [1.54, 1.807) is 6.07 Å². The summed E-state index contributed by atoms with van der Waals surface area (Å²) in [4.78, 5) is 16.7. The molecule has 24 heavy (non-hydrogen) atoms. The number of nitrogens with zero attached hydrogens (tertiary/aromatic N) is 3. The summed E-state index contributed by atoms with van der Waals surface area (Å²) in [5.74, 6) is 1.60. The van der Waals surface area contributed by atoms with Gasteiger partial charge in [0.2, 0.25) is 0 Å². The van der Waals surface area contributed by atoms with Gasteiger partial charge in [0.1, 0.15) is 12.0 Å². The highest BCUT2D eigenvalue weighted by molar-refractivity contribution is 5.43. The highest BCUT2D eigenvalue weighted by Crippen LogP contribution is 2.26. The molecule has 1 aliphatic heterocycles. The second kappa shape index (κ2) is 7.43. The lowest BCUT2D eigenvalue weighted by molar-refractivity contribution is -0.385. The number of nitro groups is 1. The van der Waals surface area contributed by atoms with Crippen molar-refractivity contribution in [2.75, 3.05) is 18.0 Å². The van der Waals surface area contributed by atoms with Gasteiger partial charge >= 0.3 is 0 Å². The zero-order chi connectivity index (χ0) is 16.9. The van der Waals surface area contributed by atoms with Crippen LogP contribution in [0, 0.1) is 23.0 Å². The Bertz CT molecular complexity index is 675. The minimum atomic E-state index is -0.409. The minimum absolute atomic E-state index is 0.0479. The Labute approximate surface area is 142 Å². The maximum Gasteiger partial charge on any atom is 0.287 e. The molecule has 1 aliphatic rings. The molecule has 5 heteroatoms. The Morgan fingerprint density at radius 2 is 1.88 bits per heavy atom. The highest BCUT2D eigenvalue weighted by Gasteiger charge is 2.20. The second-order valence-electron chi connectivity index (χ2n) is 6.59. The lowest BCUT2D eigenvalue weighted by atomic mass is 9.90. The number of benzene rings is 1. The van der Waals surface area contributed by atoms with Crippen LogP contribution in [0.3, 0.4) is 0 Å². The van der Waals surface area contributed by atoms with Gasteiger partial charge in [0, 0.05) is 19.2 Å². The molecule has 5 nitrogen and oxygen atoms in total. The van der Waals surface area contributed by atoms with Crippen molar-refractivity contribution in [3.05, 3.63) is 63.8 Å². The lowest BCUT2D eigenvalue weighted by Gasteiger charge is -2.32. The monoisotopic (exact) mass is 325 g/mol. The fourth-order valence-corrected chi connectivity index (χ4v) is 3.25. The predicted octanol–water partition coefficient (Wildman–Crippen LogP) is 4.15. The van der Waals surface area contributed by atoms with Crippen LogP contribution in [-0.2, 0) is 6.42 Å². The summed E-state index contributed by atoms with van der Waals surface area (Å²) in [6.07, 6.45) is 6.03. The SMILES string of the molecule is Cc1ccc(CCC2CCN(c3ccc([N+](=O)[O-])cn3)CC2)cc1. The maximum absolute atomic E-state index is 10.7. The van der Waals surface area contributed by atoms with Crippen molar-refractivity contribution in [3.8, 4) is 0 Å². The summed E-state index contributed by atoms with van der Waals surface area (Å²) in [5, 5.41) is 10.7. The third-order valence-electron chi connectivity index (χ3n) is 4.84. The summed E-state index contributed by atoms with van der Waals surface area (Å²) in [6.45, 7) is 4.07. The third-order valence-corrected chi connectivity index (χ3v) is 4.84. The lowest BCUT2D eigenvalue weighted by Crippen LogP contribution is -2.34. The molecule has 0 atom stereocenters. The van der Waals surface area contributed by atoms with Crippen molar-refractivity contribution in [3.63, 3.8) is 0 Å². The van der Waals surface area contributed by atoms with Crippen LogP contribution >= 0.6 is 0 Å². The average molecular weight is 325 g/mol. The van der Waals surface area contributed by atoms with Gasteiger partial charge in [-0.3, -0.25) is 10.1 Å². The number of pyridine rings is 1. The molecule has 0 spiro atoms. The van der Waals surface area contributed by atoms with Crippen LogP contribution < -0.4 is 4.90 Å². The molecule has 2 heterocycles. The van der Waals surface area contributed by atoms with E-state index in [0.717, 1.165) is 44.1 Å². The molecule has 0 radical (unpaired) electrons. The molecule has 2 aromatic rings. The van der Waals surface area contributed by atoms with E-state index in [1.165, 1.54) is 29.8 Å². The van der Waals surface area contributed by atoms with E-state index in [9.17, 15) is 10.1 Å². The highest BCUT2D eigenvalue weighted by atomic mass is 16.6. The number of anilines is 1. The van der Waals surface area contributed by atoms with Gasteiger partial charge in [-0.05, 0) is 50.2 Å². The fraction of sp³-hybridized carbons (Fsp3) is 0.421. The first kappa shape index (κ1) is 16.4. The van der Waals surface area contributed by atoms with Gasteiger partial charge in [0.15, 0.2) is 0 Å². The Balaban J connectivity index is 1.48. The third kappa shape index (κ3) is 4.10. The number of hydrogen-bond donors (Lipinski definition) is 0. The van der Waals surface area contributed by atoms with E-state index in [4.69, 9.17) is 0 Å². The summed E-state index contributed by atoms with van der Waals surface area (Å²) in [5.41, 5.74) is 2.77. The van der Waals surface area contributed by atoms with Gasteiger partial charge in [-0.25, -0.2) is 4.98 Å². The van der Waals surface area contributed by atoms with E-state index in [0.29, 0.717) is 0 Å². The molecule has 1 saturated heterocycles. The zero-order valence-corrected chi connectivity index (χ0v) is 14.0. The molecule has 1 aromatic heterocycles. The van der Waals surface area contributed by atoms with E-state index < -0.39 is 4.92 Å². The molecule has 0 aliphatic carbocycles. The Kier molecular flexibility index (Phi) is 5.08. The van der Waals surface area contributed by atoms with Crippen LogP contribution in [0.25, 0.3) is 0 Å². The van der Waals surface area contributed by atoms with E-state index >= 15 is 0 Å². The van der Waals surface area contributed by atoms with Crippen LogP contribution in [0.2, 0.25) is 0 Å². The Morgan fingerprint density at radius 3 is 2.46 bits per heavy atom. The molecular weight excluding hydrogens is 302 g/mol. The number of aromatic nitrogens is 1. The smallest absolute Gasteiger partial charge is 0.287 e. The van der Waals surface area contributed by atoms with Gasteiger partial charge in [-0.15, -0.1) is 0 Å². The number of aryl methyl sites for hydroxylation is 2. The standard InChI is InChI=1S/C19H23N3O2/c1-15-2-4-16(5-3-15)6-7-17-10-12-21(13-11-17)19-9-8-18(14-20-19)22(23)24/h2-5,8-9,14,17H,6-7,10-13H2,1H3. The van der Waals surface area contributed by atoms with Crippen LogP contribution in [0.15, 0.2) is 42.6 Å².